The van der Waals surface area contributed by atoms with Crippen molar-refractivity contribution in [1.29, 1.82) is 5.26 Å². The number of nitrogens with zero attached hydrogens (tertiary/aromatic N) is 1. The molecule has 2 aromatic carbocycles. The van der Waals surface area contributed by atoms with Crippen LogP contribution >= 0.6 is 0 Å². The maximum atomic E-state index is 13.2. The number of hydrogen-bond donors (Lipinski definition) is 0. The smallest absolute Gasteiger partial charge is 0.419 e. The normalized spacial score (nSPS) is 11.0. The van der Waals surface area contributed by atoms with E-state index in [1.807, 2.05) is 6.07 Å². The van der Waals surface area contributed by atoms with Crippen LogP contribution in [0.25, 0.3) is 0 Å². The summed E-state index contributed by atoms with van der Waals surface area (Å²) in [6.45, 7) is 1.68. The molecule has 0 amide bonds. The van der Waals surface area contributed by atoms with E-state index in [0.29, 0.717) is 23.3 Å². The molecular weight excluding hydrogens is 286 g/mol. The Balaban J connectivity index is 2.33. The zero-order valence-corrected chi connectivity index (χ0v) is 10.8. The van der Waals surface area contributed by atoms with Gasteiger partial charge < -0.3 is 4.74 Å². The fourth-order valence-electron chi connectivity index (χ4n) is 1.75. The van der Waals surface area contributed by atoms with Crippen LogP contribution in [-0.4, -0.2) is 0 Å². The minimum absolute atomic E-state index is 0.132. The van der Waals surface area contributed by atoms with Crippen LogP contribution < -0.4 is 4.74 Å². The van der Waals surface area contributed by atoms with Crippen LogP contribution in [0.1, 0.15) is 16.7 Å². The molecule has 108 valence electrons. The Morgan fingerprint density at radius 3 is 2.24 bits per heavy atom. The number of hydrogen-bond acceptors (Lipinski definition) is 2. The standard InChI is InChI=1S/C15H9F4NO/c1-9-6-11(3-2-10(9)8-20)21-12-4-5-14(16)13(7-12)15(17,18)19/h2-7H,1H3. The van der Waals surface area contributed by atoms with Gasteiger partial charge >= 0.3 is 6.18 Å². The number of aryl methyl sites for hydroxylation is 1. The fraction of sp³-hybridized carbons (Fsp3) is 0.133. The number of alkyl halides is 3. The van der Waals surface area contributed by atoms with Crippen LogP contribution in [0.15, 0.2) is 36.4 Å². The van der Waals surface area contributed by atoms with Gasteiger partial charge in [0, 0.05) is 0 Å². The van der Waals surface area contributed by atoms with Crippen LogP contribution in [0.2, 0.25) is 0 Å². The predicted molar refractivity (Wildman–Crippen MR) is 67.4 cm³/mol. The van der Waals surface area contributed by atoms with Gasteiger partial charge in [0.25, 0.3) is 0 Å². The summed E-state index contributed by atoms with van der Waals surface area (Å²) in [4.78, 5) is 0. The topological polar surface area (TPSA) is 33.0 Å². The first-order chi connectivity index (χ1) is 9.81. The zero-order valence-electron chi connectivity index (χ0n) is 10.8. The maximum absolute atomic E-state index is 13.2. The van der Waals surface area contributed by atoms with Crippen molar-refractivity contribution in [3.63, 3.8) is 0 Å². The molecule has 0 saturated heterocycles. The second-order valence-corrected chi connectivity index (χ2v) is 4.33. The summed E-state index contributed by atoms with van der Waals surface area (Å²) in [5.41, 5.74) is -0.309. The van der Waals surface area contributed by atoms with E-state index in [1.54, 1.807) is 6.92 Å². The first-order valence-electron chi connectivity index (χ1n) is 5.86. The third-order valence-corrected chi connectivity index (χ3v) is 2.80. The van der Waals surface area contributed by atoms with Crippen molar-refractivity contribution in [3.8, 4) is 17.6 Å². The lowest BCUT2D eigenvalue weighted by molar-refractivity contribution is -0.140. The van der Waals surface area contributed by atoms with Crippen molar-refractivity contribution >= 4 is 0 Å². The second-order valence-electron chi connectivity index (χ2n) is 4.33. The molecule has 0 aromatic heterocycles. The summed E-state index contributed by atoms with van der Waals surface area (Å²) in [5.74, 6) is -1.22. The highest BCUT2D eigenvalue weighted by atomic mass is 19.4. The molecule has 0 aliphatic heterocycles. The van der Waals surface area contributed by atoms with Crippen LogP contribution in [0.4, 0.5) is 17.6 Å². The molecule has 0 atom stereocenters. The summed E-state index contributed by atoms with van der Waals surface area (Å²) in [6.07, 6.45) is -4.79. The number of rotatable bonds is 2. The van der Waals surface area contributed by atoms with Crippen molar-refractivity contribution in [2.24, 2.45) is 0 Å². The highest BCUT2D eigenvalue weighted by molar-refractivity contribution is 5.43. The quantitative estimate of drug-likeness (QED) is 0.744. The number of halogens is 4. The molecule has 0 N–H and O–H groups in total. The van der Waals surface area contributed by atoms with Crippen molar-refractivity contribution in [2.75, 3.05) is 0 Å². The Morgan fingerprint density at radius 1 is 1.05 bits per heavy atom. The molecule has 0 saturated carbocycles. The summed E-state index contributed by atoms with van der Waals surface area (Å²) >= 11 is 0. The average Bonchev–Trinajstić information content (AvgIpc) is 2.40. The predicted octanol–water partition coefficient (Wildman–Crippen LogP) is 4.82. The number of benzene rings is 2. The first kappa shape index (κ1) is 14.9. The van der Waals surface area contributed by atoms with Gasteiger partial charge in [0.2, 0.25) is 0 Å². The van der Waals surface area contributed by atoms with E-state index in [-0.39, 0.29) is 11.5 Å². The zero-order chi connectivity index (χ0) is 15.6. The lowest BCUT2D eigenvalue weighted by Gasteiger charge is -2.11. The molecule has 2 rings (SSSR count). The molecule has 0 spiro atoms. The Kier molecular flexibility index (Phi) is 3.85. The first-order valence-corrected chi connectivity index (χ1v) is 5.86. The molecule has 0 fully saturated rings. The molecule has 0 heterocycles. The van der Waals surface area contributed by atoms with Crippen LogP contribution in [-0.2, 0) is 6.18 Å². The molecule has 0 unspecified atom stereocenters. The van der Waals surface area contributed by atoms with E-state index >= 15 is 0 Å². The molecule has 21 heavy (non-hydrogen) atoms. The molecule has 0 radical (unpaired) electrons. The van der Waals surface area contributed by atoms with E-state index in [1.165, 1.54) is 18.2 Å². The van der Waals surface area contributed by atoms with Gasteiger partial charge in [0.15, 0.2) is 0 Å². The van der Waals surface area contributed by atoms with E-state index < -0.39 is 17.6 Å². The van der Waals surface area contributed by atoms with Gasteiger partial charge in [-0.05, 0) is 48.9 Å². The molecule has 0 aliphatic carbocycles. The number of ether oxygens (including phenoxy) is 1. The second kappa shape index (κ2) is 5.44. The van der Waals surface area contributed by atoms with Gasteiger partial charge in [-0.15, -0.1) is 0 Å². The Morgan fingerprint density at radius 2 is 1.67 bits per heavy atom. The molecule has 2 nitrogen and oxygen atoms in total. The van der Waals surface area contributed by atoms with Gasteiger partial charge in [0.1, 0.15) is 17.3 Å². The maximum Gasteiger partial charge on any atom is 0.419 e. The largest absolute Gasteiger partial charge is 0.457 e. The summed E-state index contributed by atoms with van der Waals surface area (Å²) < 4.78 is 56.2. The van der Waals surface area contributed by atoms with Gasteiger partial charge in [-0.1, -0.05) is 0 Å². The van der Waals surface area contributed by atoms with E-state index in [0.717, 1.165) is 6.07 Å². The fourth-order valence-corrected chi connectivity index (χ4v) is 1.75. The minimum atomic E-state index is -4.79. The number of nitriles is 1. The van der Waals surface area contributed by atoms with Crippen molar-refractivity contribution in [2.45, 2.75) is 13.1 Å². The third-order valence-electron chi connectivity index (χ3n) is 2.80. The Labute approximate surface area is 118 Å². The highest BCUT2D eigenvalue weighted by Gasteiger charge is 2.34. The van der Waals surface area contributed by atoms with Gasteiger partial charge in [-0.3, -0.25) is 0 Å². The van der Waals surface area contributed by atoms with Gasteiger partial charge in [0.05, 0.1) is 17.2 Å². The molecule has 0 aliphatic rings. The summed E-state index contributed by atoms with van der Waals surface area (Å²) in [7, 11) is 0. The van der Waals surface area contributed by atoms with E-state index in [2.05, 4.69) is 0 Å². The van der Waals surface area contributed by atoms with Crippen molar-refractivity contribution in [1.82, 2.24) is 0 Å². The van der Waals surface area contributed by atoms with Crippen molar-refractivity contribution in [3.05, 3.63) is 58.9 Å². The van der Waals surface area contributed by atoms with Crippen LogP contribution in [0, 0.1) is 24.1 Å². The van der Waals surface area contributed by atoms with Crippen LogP contribution in [0.5, 0.6) is 11.5 Å². The van der Waals surface area contributed by atoms with Crippen molar-refractivity contribution < 1.29 is 22.3 Å². The Bertz CT molecular complexity index is 717. The lowest BCUT2D eigenvalue weighted by atomic mass is 10.1. The minimum Gasteiger partial charge on any atom is -0.457 e. The molecule has 0 bridgehead atoms. The SMILES string of the molecule is Cc1cc(Oc2ccc(F)c(C(F)(F)F)c2)ccc1C#N. The average molecular weight is 295 g/mol. The molecule has 2 aromatic rings. The molecule has 6 heteroatoms. The van der Waals surface area contributed by atoms with Gasteiger partial charge in [-0.25, -0.2) is 4.39 Å². The van der Waals surface area contributed by atoms with Crippen LogP contribution in [0.3, 0.4) is 0 Å². The van der Waals surface area contributed by atoms with Gasteiger partial charge in [-0.2, -0.15) is 18.4 Å². The highest BCUT2D eigenvalue weighted by Crippen LogP contribution is 2.34. The summed E-state index contributed by atoms with van der Waals surface area (Å²) in [6, 6.07) is 8.86. The monoisotopic (exact) mass is 295 g/mol. The Hall–Kier alpha value is -2.55. The van der Waals surface area contributed by atoms with E-state index in [4.69, 9.17) is 10.00 Å². The van der Waals surface area contributed by atoms with E-state index in [9.17, 15) is 17.6 Å². The lowest BCUT2D eigenvalue weighted by Crippen LogP contribution is -2.08. The summed E-state index contributed by atoms with van der Waals surface area (Å²) in [5, 5.41) is 8.80. The molecular formula is C15H9F4NO. The third kappa shape index (κ3) is 3.31.